The van der Waals surface area contributed by atoms with E-state index in [9.17, 15) is 4.79 Å². The molecule has 1 aromatic heterocycles. The van der Waals surface area contributed by atoms with Crippen LogP contribution in [0.2, 0.25) is 0 Å². The molecule has 0 radical (unpaired) electrons. The van der Waals surface area contributed by atoms with Gasteiger partial charge in [-0.05, 0) is 42.2 Å². The Hall–Kier alpha value is -3.44. The lowest BCUT2D eigenvalue weighted by Crippen LogP contribution is -2.14. The second kappa shape index (κ2) is 9.37. The second-order valence-corrected chi connectivity index (χ2v) is 7.72. The van der Waals surface area contributed by atoms with Crippen molar-refractivity contribution in [2.75, 3.05) is 12.4 Å². The molecule has 0 saturated heterocycles. The number of hydrogen-bond acceptors (Lipinski definition) is 4. The third kappa shape index (κ3) is 4.75. The van der Waals surface area contributed by atoms with E-state index in [1.165, 1.54) is 16.9 Å². The summed E-state index contributed by atoms with van der Waals surface area (Å²) in [6, 6.07) is 25.8. The Morgan fingerprint density at radius 3 is 2.60 bits per heavy atom. The summed E-state index contributed by atoms with van der Waals surface area (Å²) in [5.41, 5.74) is 4.74. The Bertz CT molecular complexity index is 1140. The van der Waals surface area contributed by atoms with E-state index in [-0.39, 0.29) is 5.91 Å². The van der Waals surface area contributed by atoms with E-state index in [2.05, 4.69) is 22.4 Å². The number of methoxy groups -OCH3 is 1. The predicted molar refractivity (Wildman–Crippen MR) is 122 cm³/mol. The fourth-order valence-corrected chi connectivity index (χ4v) is 4.01. The summed E-state index contributed by atoms with van der Waals surface area (Å²) < 4.78 is 5.28. The van der Waals surface area contributed by atoms with Crippen molar-refractivity contribution in [2.24, 2.45) is 0 Å². The third-order valence-corrected chi connectivity index (χ3v) is 5.64. The zero-order valence-electron chi connectivity index (χ0n) is 16.7. The van der Waals surface area contributed by atoms with Crippen LogP contribution in [0.5, 0.6) is 5.75 Å². The van der Waals surface area contributed by atoms with Crippen molar-refractivity contribution in [2.45, 2.75) is 12.8 Å². The summed E-state index contributed by atoms with van der Waals surface area (Å²) in [6.45, 7) is 0. The summed E-state index contributed by atoms with van der Waals surface area (Å²) in [5.74, 6) is 0.642. The summed E-state index contributed by atoms with van der Waals surface area (Å²) >= 11 is 1.41. The number of anilines is 1. The molecule has 5 heteroatoms. The number of carbonyl (C=O) groups is 1. The van der Waals surface area contributed by atoms with Crippen molar-refractivity contribution in [3.63, 3.8) is 0 Å². The van der Waals surface area contributed by atoms with E-state index in [1.807, 2.05) is 72.1 Å². The molecule has 1 heterocycles. The first-order valence-corrected chi connectivity index (χ1v) is 10.6. The highest BCUT2D eigenvalue weighted by Crippen LogP contribution is 2.28. The number of aromatic nitrogens is 1. The molecular weight excluding hydrogens is 392 g/mol. The highest BCUT2D eigenvalue weighted by molar-refractivity contribution is 7.14. The van der Waals surface area contributed by atoms with Crippen molar-refractivity contribution in [3.8, 4) is 17.0 Å². The second-order valence-electron chi connectivity index (χ2n) is 6.87. The van der Waals surface area contributed by atoms with Gasteiger partial charge in [-0.3, -0.25) is 10.1 Å². The van der Waals surface area contributed by atoms with Crippen molar-refractivity contribution in [3.05, 3.63) is 101 Å². The van der Waals surface area contributed by atoms with Crippen LogP contribution >= 0.6 is 11.3 Å². The molecule has 30 heavy (non-hydrogen) atoms. The number of nitrogens with one attached hydrogen (secondary N) is 1. The lowest BCUT2D eigenvalue weighted by Gasteiger charge is -2.09. The maximum atomic E-state index is 12.9. The van der Waals surface area contributed by atoms with Gasteiger partial charge in [0.2, 0.25) is 0 Å². The Morgan fingerprint density at radius 1 is 0.967 bits per heavy atom. The maximum absolute atomic E-state index is 12.9. The van der Waals surface area contributed by atoms with E-state index in [0.717, 1.165) is 35.4 Å². The fourth-order valence-electron chi connectivity index (χ4n) is 3.29. The topological polar surface area (TPSA) is 51.2 Å². The van der Waals surface area contributed by atoms with E-state index in [4.69, 9.17) is 4.74 Å². The van der Waals surface area contributed by atoms with Crippen molar-refractivity contribution >= 4 is 22.4 Å². The van der Waals surface area contributed by atoms with Crippen molar-refractivity contribution in [1.82, 2.24) is 4.98 Å². The van der Waals surface area contributed by atoms with Crippen LogP contribution in [0.4, 0.5) is 5.13 Å². The van der Waals surface area contributed by atoms with Crippen LogP contribution in [-0.2, 0) is 12.8 Å². The molecule has 1 amide bonds. The summed E-state index contributed by atoms with van der Waals surface area (Å²) in [4.78, 5) is 17.5. The third-order valence-electron chi connectivity index (χ3n) is 4.88. The van der Waals surface area contributed by atoms with E-state index in [0.29, 0.717) is 10.7 Å². The number of thiazole rings is 1. The monoisotopic (exact) mass is 414 g/mol. The van der Waals surface area contributed by atoms with Gasteiger partial charge in [-0.15, -0.1) is 11.3 Å². The molecule has 0 aliphatic carbocycles. The summed E-state index contributed by atoms with van der Waals surface area (Å²) in [6.07, 6.45) is 1.70. The zero-order chi connectivity index (χ0) is 20.8. The molecule has 4 rings (SSSR count). The number of hydrogen-bond donors (Lipinski definition) is 1. The molecule has 0 atom stereocenters. The molecule has 0 unspecified atom stereocenters. The summed E-state index contributed by atoms with van der Waals surface area (Å²) in [7, 11) is 1.64. The van der Waals surface area contributed by atoms with Crippen molar-refractivity contribution < 1.29 is 9.53 Å². The minimum absolute atomic E-state index is 0.134. The Kier molecular flexibility index (Phi) is 6.20. The lowest BCUT2D eigenvalue weighted by atomic mass is 9.99. The van der Waals surface area contributed by atoms with Gasteiger partial charge in [-0.1, -0.05) is 60.7 Å². The molecule has 1 N–H and O–H groups in total. The fraction of sp³-hybridized carbons (Fsp3) is 0.120. The van der Waals surface area contributed by atoms with Gasteiger partial charge in [0.25, 0.3) is 5.91 Å². The van der Waals surface area contributed by atoms with Gasteiger partial charge in [-0.2, -0.15) is 0 Å². The highest BCUT2D eigenvalue weighted by Gasteiger charge is 2.14. The van der Waals surface area contributed by atoms with Crippen LogP contribution in [0.15, 0.2) is 84.2 Å². The highest BCUT2D eigenvalue weighted by atomic mass is 32.1. The van der Waals surface area contributed by atoms with Gasteiger partial charge >= 0.3 is 0 Å². The molecule has 0 fully saturated rings. The van der Waals surface area contributed by atoms with Crippen LogP contribution in [-0.4, -0.2) is 18.0 Å². The number of rotatable bonds is 7. The number of ether oxygens (including phenoxy) is 1. The molecule has 0 saturated carbocycles. The molecule has 0 aliphatic rings. The number of aryl methyl sites for hydroxylation is 2. The first kappa shape index (κ1) is 19.9. The molecule has 3 aromatic carbocycles. The minimum atomic E-state index is -0.134. The standard InChI is InChI=1S/C25H22N2O2S/c1-29-21-12-7-11-20(16-21)23-17-30-25(26-23)27-24(28)22-13-6-5-10-19(22)15-14-18-8-3-2-4-9-18/h2-13,16-17H,14-15H2,1H3,(H,26,27,28). The molecular formula is C25H22N2O2S. The normalized spacial score (nSPS) is 10.6. The average Bonchev–Trinajstić information content (AvgIpc) is 3.27. The average molecular weight is 415 g/mol. The molecule has 4 nitrogen and oxygen atoms in total. The SMILES string of the molecule is COc1cccc(-c2csc(NC(=O)c3ccccc3CCc3ccccc3)n2)c1. The van der Waals surface area contributed by atoms with Crippen molar-refractivity contribution in [1.29, 1.82) is 0 Å². The van der Waals surface area contributed by atoms with Gasteiger partial charge in [0.1, 0.15) is 5.75 Å². The molecule has 150 valence electrons. The number of benzene rings is 3. The number of carbonyl (C=O) groups excluding carboxylic acids is 1. The molecule has 0 aliphatic heterocycles. The predicted octanol–water partition coefficient (Wildman–Crippen LogP) is 5.86. The minimum Gasteiger partial charge on any atom is -0.497 e. The number of nitrogens with zero attached hydrogens (tertiary/aromatic N) is 1. The van der Waals surface area contributed by atoms with Gasteiger partial charge in [-0.25, -0.2) is 4.98 Å². The molecule has 0 spiro atoms. The van der Waals surface area contributed by atoms with Gasteiger partial charge in [0, 0.05) is 16.5 Å². The van der Waals surface area contributed by atoms with Crippen LogP contribution < -0.4 is 10.1 Å². The van der Waals surface area contributed by atoms with E-state index in [1.54, 1.807) is 7.11 Å². The van der Waals surface area contributed by atoms with E-state index >= 15 is 0 Å². The first-order chi connectivity index (χ1) is 14.7. The molecule has 0 bridgehead atoms. The van der Waals surface area contributed by atoms with Gasteiger partial charge in [0.05, 0.1) is 12.8 Å². The first-order valence-electron chi connectivity index (χ1n) is 9.76. The zero-order valence-corrected chi connectivity index (χ0v) is 17.5. The number of amides is 1. The smallest absolute Gasteiger partial charge is 0.257 e. The van der Waals surface area contributed by atoms with Crippen LogP contribution in [0, 0.1) is 0 Å². The molecule has 4 aromatic rings. The Balaban J connectivity index is 1.47. The van der Waals surface area contributed by atoms with Crippen LogP contribution in [0.3, 0.4) is 0 Å². The van der Waals surface area contributed by atoms with Gasteiger partial charge in [0.15, 0.2) is 5.13 Å². The van der Waals surface area contributed by atoms with Crippen LogP contribution in [0.25, 0.3) is 11.3 Å². The van der Waals surface area contributed by atoms with Gasteiger partial charge < -0.3 is 4.74 Å². The quantitative estimate of drug-likeness (QED) is 0.412. The summed E-state index contributed by atoms with van der Waals surface area (Å²) in [5, 5.41) is 5.47. The maximum Gasteiger partial charge on any atom is 0.257 e. The Labute approximate surface area is 180 Å². The van der Waals surface area contributed by atoms with Crippen LogP contribution in [0.1, 0.15) is 21.5 Å². The largest absolute Gasteiger partial charge is 0.497 e. The Morgan fingerprint density at radius 2 is 1.77 bits per heavy atom. The van der Waals surface area contributed by atoms with E-state index < -0.39 is 0 Å². The lowest BCUT2D eigenvalue weighted by molar-refractivity contribution is 0.102.